The van der Waals surface area contributed by atoms with E-state index < -0.39 is 11.7 Å². The predicted octanol–water partition coefficient (Wildman–Crippen LogP) is 3.48. The zero-order valence-corrected chi connectivity index (χ0v) is 11.3. The Balaban J connectivity index is 1.88. The lowest BCUT2D eigenvalue weighted by molar-refractivity contribution is -0.137. The summed E-state index contributed by atoms with van der Waals surface area (Å²) in [6.45, 7) is 0. The van der Waals surface area contributed by atoms with Gasteiger partial charge in [0.05, 0.1) is 5.56 Å². The van der Waals surface area contributed by atoms with E-state index in [1.807, 2.05) is 24.3 Å². The molecular weight excluding hydrogens is 293 g/mol. The second kappa shape index (κ2) is 5.59. The van der Waals surface area contributed by atoms with Gasteiger partial charge in [-0.05, 0) is 34.9 Å². The van der Waals surface area contributed by atoms with Gasteiger partial charge in [0.25, 0.3) is 0 Å². The number of aromatic amines is 1. The molecule has 1 heterocycles. The third kappa shape index (κ3) is 2.98. The van der Waals surface area contributed by atoms with Gasteiger partial charge in [-0.15, -0.1) is 10.2 Å². The molecule has 0 aliphatic heterocycles. The Kier molecular flexibility index (Phi) is 3.62. The minimum absolute atomic E-state index is 0.461. The van der Waals surface area contributed by atoms with Crippen LogP contribution in [-0.2, 0) is 12.6 Å². The fraction of sp³-hybridized carbons (Fsp3) is 0.133. The van der Waals surface area contributed by atoms with Gasteiger partial charge in [-0.1, -0.05) is 36.4 Å². The Hall–Kier alpha value is -2.70. The van der Waals surface area contributed by atoms with Gasteiger partial charge < -0.3 is 0 Å². The highest BCUT2D eigenvalue weighted by Gasteiger charge is 2.29. The second-order valence-electron chi connectivity index (χ2n) is 4.76. The molecule has 3 aromatic rings. The van der Waals surface area contributed by atoms with Gasteiger partial charge in [-0.3, -0.25) is 0 Å². The van der Waals surface area contributed by atoms with E-state index in [0.717, 1.165) is 28.8 Å². The number of aromatic nitrogens is 4. The molecule has 0 radical (unpaired) electrons. The predicted molar refractivity (Wildman–Crippen MR) is 73.9 cm³/mol. The van der Waals surface area contributed by atoms with Crippen LogP contribution in [0.15, 0.2) is 48.5 Å². The minimum atomic E-state index is -4.32. The van der Waals surface area contributed by atoms with E-state index in [-0.39, 0.29) is 0 Å². The molecule has 1 aromatic heterocycles. The molecule has 0 amide bonds. The van der Waals surface area contributed by atoms with Gasteiger partial charge >= 0.3 is 6.18 Å². The molecule has 112 valence electrons. The Labute approximate surface area is 124 Å². The molecule has 0 fully saturated rings. The monoisotopic (exact) mass is 304 g/mol. The van der Waals surface area contributed by atoms with Gasteiger partial charge in [0.2, 0.25) is 5.82 Å². The van der Waals surface area contributed by atoms with E-state index in [0.29, 0.717) is 12.2 Å². The third-order valence-corrected chi connectivity index (χ3v) is 3.28. The summed E-state index contributed by atoms with van der Waals surface area (Å²) in [6, 6.07) is 12.6. The van der Waals surface area contributed by atoms with Crippen molar-refractivity contribution in [2.45, 2.75) is 12.6 Å². The van der Waals surface area contributed by atoms with Crippen LogP contribution >= 0.6 is 0 Å². The van der Waals surface area contributed by atoms with Crippen LogP contribution in [0.25, 0.3) is 11.4 Å². The van der Waals surface area contributed by atoms with Crippen molar-refractivity contribution in [3.05, 3.63) is 65.2 Å². The highest BCUT2D eigenvalue weighted by Crippen LogP contribution is 2.30. The molecule has 0 bridgehead atoms. The lowest BCUT2D eigenvalue weighted by atomic mass is 9.98. The maximum absolute atomic E-state index is 12.6. The van der Waals surface area contributed by atoms with Gasteiger partial charge in [0.1, 0.15) is 0 Å². The van der Waals surface area contributed by atoms with Gasteiger partial charge in [-0.2, -0.15) is 18.4 Å². The summed E-state index contributed by atoms with van der Waals surface area (Å²) in [6.07, 6.45) is -3.83. The molecule has 1 N–H and O–H groups in total. The standard InChI is InChI=1S/C15H11F3N4/c16-15(17,18)12-7-5-10(6-8-12)9-11-3-1-2-4-13(11)14-19-21-22-20-14/h1-8H,9H2,(H,19,20,21,22). The highest BCUT2D eigenvalue weighted by atomic mass is 19.4. The van der Waals surface area contributed by atoms with Crippen molar-refractivity contribution < 1.29 is 13.2 Å². The SMILES string of the molecule is FC(F)(F)c1ccc(Cc2ccccc2-c2nn[nH]n2)cc1. The van der Waals surface area contributed by atoms with Crippen LogP contribution in [0, 0.1) is 0 Å². The molecule has 4 nitrogen and oxygen atoms in total. The number of hydrogen-bond donors (Lipinski definition) is 1. The van der Waals surface area contributed by atoms with Crippen molar-refractivity contribution in [1.29, 1.82) is 0 Å². The van der Waals surface area contributed by atoms with E-state index in [9.17, 15) is 13.2 Å². The average molecular weight is 304 g/mol. The zero-order chi connectivity index (χ0) is 15.6. The fourth-order valence-corrected chi connectivity index (χ4v) is 2.20. The molecular formula is C15H11F3N4. The van der Waals surface area contributed by atoms with Crippen molar-refractivity contribution in [3.8, 4) is 11.4 Å². The number of H-pyrrole nitrogens is 1. The summed E-state index contributed by atoms with van der Waals surface area (Å²) in [4.78, 5) is 0. The maximum atomic E-state index is 12.6. The highest BCUT2D eigenvalue weighted by molar-refractivity contribution is 5.60. The normalized spacial score (nSPS) is 11.6. The lowest BCUT2D eigenvalue weighted by Gasteiger charge is -2.09. The third-order valence-electron chi connectivity index (χ3n) is 3.28. The van der Waals surface area contributed by atoms with Crippen LogP contribution in [0.1, 0.15) is 16.7 Å². The van der Waals surface area contributed by atoms with Gasteiger partial charge in [0.15, 0.2) is 0 Å². The molecule has 2 aromatic carbocycles. The number of nitrogens with one attached hydrogen (secondary N) is 1. The molecule has 7 heteroatoms. The maximum Gasteiger partial charge on any atom is 0.416 e. The Morgan fingerprint density at radius 3 is 2.32 bits per heavy atom. The first-order chi connectivity index (χ1) is 10.5. The fourth-order valence-electron chi connectivity index (χ4n) is 2.20. The first-order valence-electron chi connectivity index (χ1n) is 6.52. The number of tetrazole rings is 1. The largest absolute Gasteiger partial charge is 0.416 e. The summed E-state index contributed by atoms with van der Waals surface area (Å²) >= 11 is 0. The van der Waals surface area contributed by atoms with Crippen molar-refractivity contribution in [2.24, 2.45) is 0 Å². The minimum Gasteiger partial charge on any atom is -0.177 e. The molecule has 0 aliphatic carbocycles. The van der Waals surface area contributed by atoms with E-state index in [2.05, 4.69) is 20.6 Å². The van der Waals surface area contributed by atoms with Crippen molar-refractivity contribution >= 4 is 0 Å². The van der Waals surface area contributed by atoms with E-state index in [1.54, 1.807) is 0 Å². The smallest absolute Gasteiger partial charge is 0.177 e. The first kappa shape index (κ1) is 14.2. The van der Waals surface area contributed by atoms with Crippen LogP contribution in [-0.4, -0.2) is 20.6 Å². The Bertz CT molecular complexity index is 749. The average Bonchev–Trinajstić information content (AvgIpc) is 3.01. The summed E-state index contributed by atoms with van der Waals surface area (Å²) in [5.74, 6) is 0.461. The number of benzene rings is 2. The van der Waals surface area contributed by atoms with E-state index >= 15 is 0 Å². The number of nitrogens with zero attached hydrogens (tertiary/aromatic N) is 3. The Morgan fingerprint density at radius 1 is 0.955 bits per heavy atom. The van der Waals surface area contributed by atoms with E-state index in [4.69, 9.17) is 0 Å². The summed E-state index contributed by atoms with van der Waals surface area (Å²) in [7, 11) is 0. The number of hydrogen-bond acceptors (Lipinski definition) is 3. The number of alkyl halides is 3. The quantitative estimate of drug-likeness (QED) is 0.806. The molecule has 0 aliphatic rings. The van der Waals surface area contributed by atoms with Crippen LogP contribution < -0.4 is 0 Å². The van der Waals surface area contributed by atoms with Gasteiger partial charge in [0, 0.05) is 5.56 Å². The molecule has 0 saturated carbocycles. The van der Waals surface area contributed by atoms with Crippen LogP contribution in [0.5, 0.6) is 0 Å². The molecule has 0 atom stereocenters. The molecule has 0 saturated heterocycles. The van der Waals surface area contributed by atoms with Crippen molar-refractivity contribution in [2.75, 3.05) is 0 Å². The molecule has 0 spiro atoms. The van der Waals surface area contributed by atoms with Crippen molar-refractivity contribution in [3.63, 3.8) is 0 Å². The second-order valence-corrected chi connectivity index (χ2v) is 4.76. The van der Waals surface area contributed by atoms with Crippen LogP contribution in [0.4, 0.5) is 13.2 Å². The van der Waals surface area contributed by atoms with Crippen molar-refractivity contribution in [1.82, 2.24) is 20.6 Å². The van der Waals surface area contributed by atoms with Crippen LogP contribution in [0.3, 0.4) is 0 Å². The first-order valence-corrected chi connectivity index (χ1v) is 6.52. The zero-order valence-electron chi connectivity index (χ0n) is 11.3. The molecule has 0 unspecified atom stereocenters. The van der Waals surface area contributed by atoms with Crippen LogP contribution in [0.2, 0.25) is 0 Å². The summed E-state index contributed by atoms with van der Waals surface area (Å²) in [5.41, 5.74) is 1.85. The summed E-state index contributed by atoms with van der Waals surface area (Å²) in [5, 5.41) is 13.8. The number of rotatable bonds is 3. The number of halogens is 3. The Morgan fingerprint density at radius 2 is 1.68 bits per heavy atom. The lowest BCUT2D eigenvalue weighted by Crippen LogP contribution is -2.04. The molecule has 22 heavy (non-hydrogen) atoms. The topological polar surface area (TPSA) is 54.5 Å². The summed E-state index contributed by atoms with van der Waals surface area (Å²) < 4.78 is 37.7. The van der Waals surface area contributed by atoms with E-state index in [1.165, 1.54) is 12.1 Å². The molecule has 3 rings (SSSR count). The van der Waals surface area contributed by atoms with Gasteiger partial charge in [-0.25, -0.2) is 0 Å².